The number of nitrogens with zero attached hydrogens (tertiary/aromatic N) is 2. The number of hydrogen-bond acceptors (Lipinski definition) is 2. The van der Waals surface area contributed by atoms with Crippen LogP contribution in [0.2, 0.25) is 5.15 Å². The molecule has 1 amide bonds. The monoisotopic (exact) mass is 270 g/mol. The van der Waals surface area contributed by atoms with Gasteiger partial charge in [0.1, 0.15) is 11.0 Å². The van der Waals surface area contributed by atoms with Gasteiger partial charge in [-0.3, -0.25) is 4.79 Å². The van der Waals surface area contributed by atoms with Crippen LogP contribution < -0.4 is 0 Å². The molecule has 0 spiro atoms. The normalized spacial score (nSPS) is 11.2. The Morgan fingerprint density at radius 2 is 2.22 bits per heavy atom. The SMILES string of the molecule is C=CCN(C(=O)c1cc(F)cnc1Cl)C(C)(C)C. The first-order chi connectivity index (χ1) is 8.27. The van der Waals surface area contributed by atoms with Crippen molar-refractivity contribution in [2.45, 2.75) is 26.3 Å². The lowest BCUT2D eigenvalue weighted by molar-refractivity contribution is 0.0616. The predicted octanol–water partition coefficient (Wildman–Crippen LogP) is 3.30. The first kappa shape index (κ1) is 14.6. The molecule has 0 radical (unpaired) electrons. The van der Waals surface area contributed by atoms with Crippen molar-refractivity contribution in [3.8, 4) is 0 Å². The maximum Gasteiger partial charge on any atom is 0.257 e. The van der Waals surface area contributed by atoms with Crippen LogP contribution in [0.4, 0.5) is 4.39 Å². The lowest BCUT2D eigenvalue weighted by Gasteiger charge is -2.35. The first-order valence-corrected chi connectivity index (χ1v) is 5.89. The Hall–Kier alpha value is -1.42. The first-order valence-electron chi connectivity index (χ1n) is 5.51. The quantitative estimate of drug-likeness (QED) is 0.624. The molecule has 0 saturated carbocycles. The molecular formula is C13H16ClFN2O. The fourth-order valence-corrected chi connectivity index (χ4v) is 1.69. The zero-order chi connectivity index (χ0) is 13.9. The fourth-order valence-electron chi connectivity index (χ4n) is 1.51. The minimum Gasteiger partial charge on any atom is -0.330 e. The van der Waals surface area contributed by atoms with Gasteiger partial charge in [-0.15, -0.1) is 6.58 Å². The number of halogens is 2. The molecule has 1 aromatic heterocycles. The molecule has 98 valence electrons. The zero-order valence-electron chi connectivity index (χ0n) is 10.7. The number of carbonyl (C=O) groups excluding carboxylic acids is 1. The topological polar surface area (TPSA) is 33.2 Å². The van der Waals surface area contributed by atoms with E-state index in [9.17, 15) is 9.18 Å². The van der Waals surface area contributed by atoms with Gasteiger partial charge < -0.3 is 4.90 Å². The summed E-state index contributed by atoms with van der Waals surface area (Å²) >= 11 is 5.83. The molecule has 3 nitrogen and oxygen atoms in total. The minimum atomic E-state index is -0.588. The Balaban J connectivity index is 3.17. The second kappa shape index (κ2) is 5.48. The van der Waals surface area contributed by atoms with E-state index in [4.69, 9.17) is 11.6 Å². The van der Waals surface area contributed by atoms with Crippen LogP contribution in [0.15, 0.2) is 24.9 Å². The highest BCUT2D eigenvalue weighted by atomic mass is 35.5. The van der Waals surface area contributed by atoms with Crippen LogP contribution in [0.1, 0.15) is 31.1 Å². The van der Waals surface area contributed by atoms with Gasteiger partial charge in [0.25, 0.3) is 5.91 Å². The van der Waals surface area contributed by atoms with Crippen molar-refractivity contribution >= 4 is 17.5 Å². The maximum absolute atomic E-state index is 13.1. The molecular weight excluding hydrogens is 255 g/mol. The van der Waals surface area contributed by atoms with Crippen molar-refractivity contribution in [1.82, 2.24) is 9.88 Å². The third-order valence-corrected chi connectivity index (χ3v) is 2.70. The predicted molar refractivity (Wildman–Crippen MR) is 70.2 cm³/mol. The van der Waals surface area contributed by atoms with E-state index >= 15 is 0 Å². The molecule has 0 aliphatic carbocycles. The fraction of sp³-hybridized carbons (Fsp3) is 0.385. The molecule has 0 aliphatic rings. The van der Waals surface area contributed by atoms with Gasteiger partial charge in [-0.05, 0) is 26.8 Å². The van der Waals surface area contributed by atoms with E-state index in [1.54, 1.807) is 11.0 Å². The molecule has 18 heavy (non-hydrogen) atoms. The average molecular weight is 271 g/mol. The van der Waals surface area contributed by atoms with Gasteiger partial charge in [0, 0.05) is 12.1 Å². The summed E-state index contributed by atoms with van der Waals surface area (Å²) in [6.45, 7) is 9.62. The lowest BCUT2D eigenvalue weighted by Crippen LogP contribution is -2.45. The Morgan fingerprint density at radius 3 is 2.72 bits per heavy atom. The molecule has 0 saturated heterocycles. The van der Waals surface area contributed by atoms with Gasteiger partial charge >= 0.3 is 0 Å². The summed E-state index contributed by atoms with van der Waals surface area (Å²) in [6.07, 6.45) is 2.60. The highest BCUT2D eigenvalue weighted by Gasteiger charge is 2.28. The minimum absolute atomic E-state index is 0.000266. The van der Waals surface area contributed by atoms with Crippen molar-refractivity contribution in [3.63, 3.8) is 0 Å². The number of amides is 1. The molecule has 1 heterocycles. The number of hydrogen-bond donors (Lipinski definition) is 0. The maximum atomic E-state index is 13.1. The van der Waals surface area contributed by atoms with Crippen molar-refractivity contribution < 1.29 is 9.18 Å². The Labute approximate surface area is 111 Å². The van der Waals surface area contributed by atoms with E-state index in [0.717, 1.165) is 12.3 Å². The number of pyridine rings is 1. The second-order valence-corrected chi connectivity index (χ2v) is 5.23. The largest absolute Gasteiger partial charge is 0.330 e. The van der Waals surface area contributed by atoms with Crippen molar-refractivity contribution in [1.29, 1.82) is 0 Å². The standard InChI is InChI=1S/C13H16ClFN2O/c1-5-6-17(13(2,3)4)12(18)10-7-9(15)8-16-11(10)14/h5,7-8H,1,6H2,2-4H3. The van der Waals surface area contributed by atoms with Gasteiger partial charge in [0.15, 0.2) is 0 Å². The summed E-state index contributed by atoms with van der Waals surface area (Å²) in [4.78, 5) is 17.5. The summed E-state index contributed by atoms with van der Waals surface area (Å²) in [6, 6.07) is 1.10. The van der Waals surface area contributed by atoms with Crippen molar-refractivity contribution in [2.75, 3.05) is 6.54 Å². The highest BCUT2D eigenvalue weighted by molar-refractivity contribution is 6.32. The number of aromatic nitrogens is 1. The molecule has 1 rings (SSSR count). The van der Waals surface area contributed by atoms with Crippen LogP contribution in [0.25, 0.3) is 0 Å². The average Bonchev–Trinajstić information content (AvgIpc) is 2.27. The van der Waals surface area contributed by atoms with Gasteiger partial charge in [0.2, 0.25) is 0 Å². The Kier molecular flexibility index (Phi) is 4.46. The molecule has 0 aromatic carbocycles. The van der Waals surface area contributed by atoms with E-state index in [0.29, 0.717) is 6.54 Å². The van der Waals surface area contributed by atoms with Gasteiger partial charge in [-0.25, -0.2) is 9.37 Å². The van der Waals surface area contributed by atoms with E-state index in [-0.39, 0.29) is 16.6 Å². The van der Waals surface area contributed by atoms with Crippen LogP contribution in [0, 0.1) is 5.82 Å². The summed E-state index contributed by atoms with van der Waals surface area (Å²) in [5.74, 6) is -0.949. The van der Waals surface area contributed by atoms with Crippen LogP contribution in [-0.4, -0.2) is 27.9 Å². The van der Waals surface area contributed by atoms with E-state index in [2.05, 4.69) is 11.6 Å². The number of carbonyl (C=O) groups is 1. The second-order valence-electron chi connectivity index (χ2n) is 4.87. The molecule has 0 bridgehead atoms. The van der Waals surface area contributed by atoms with Gasteiger partial charge in [-0.1, -0.05) is 17.7 Å². The van der Waals surface area contributed by atoms with Crippen LogP contribution in [0.5, 0.6) is 0 Å². The molecule has 0 atom stereocenters. The molecule has 5 heteroatoms. The van der Waals surface area contributed by atoms with Gasteiger partial charge in [-0.2, -0.15) is 0 Å². The highest BCUT2D eigenvalue weighted by Crippen LogP contribution is 2.21. The molecule has 0 fully saturated rings. The summed E-state index contributed by atoms with van der Waals surface area (Å²) in [7, 11) is 0. The smallest absolute Gasteiger partial charge is 0.257 e. The lowest BCUT2D eigenvalue weighted by atomic mass is 10.0. The van der Waals surface area contributed by atoms with Crippen molar-refractivity contribution in [2.24, 2.45) is 0 Å². The molecule has 1 aromatic rings. The Bertz CT molecular complexity index is 469. The van der Waals surface area contributed by atoms with E-state index < -0.39 is 11.4 Å². The summed E-state index contributed by atoms with van der Waals surface area (Å²) < 4.78 is 13.1. The number of rotatable bonds is 3. The third-order valence-electron chi connectivity index (χ3n) is 2.40. The third kappa shape index (κ3) is 3.29. The molecule has 0 unspecified atom stereocenters. The van der Waals surface area contributed by atoms with Crippen LogP contribution in [-0.2, 0) is 0 Å². The summed E-state index contributed by atoms with van der Waals surface area (Å²) in [5.41, 5.74) is -0.352. The van der Waals surface area contributed by atoms with Crippen molar-refractivity contribution in [3.05, 3.63) is 41.5 Å². The van der Waals surface area contributed by atoms with Crippen LogP contribution >= 0.6 is 11.6 Å². The van der Waals surface area contributed by atoms with Crippen LogP contribution in [0.3, 0.4) is 0 Å². The van der Waals surface area contributed by atoms with Gasteiger partial charge in [0.05, 0.1) is 11.8 Å². The summed E-state index contributed by atoms with van der Waals surface area (Å²) in [5, 5.41) is -0.000266. The van der Waals surface area contributed by atoms with E-state index in [1.165, 1.54) is 0 Å². The molecule has 0 N–H and O–H groups in total. The Morgan fingerprint density at radius 1 is 1.61 bits per heavy atom. The zero-order valence-corrected chi connectivity index (χ0v) is 11.5. The molecule has 0 aliphatic heterocycles. The van der Waals surface area contributed by atoms with E-state index in [1.807, 2.05) is 20.8 Å².